The van der Waals surface area contributed by atoms with E-state index in [1.807, 2.05) is 54.3 Å². The quantitative estimate of drug-likeness (QED) is 0.654. The number of ether oxygens (including phenoxy) is 1. The van der Waals surface area contributed by atoms with Crippen LogP contribution in [-0.4, -0.2) is 13.0 Å². The van der Waals surface area contributed by atoms with Gasteiger partial charge in [-0.2, -0.15) is 0 Å². The van der Waals surface area contributed by atoms with Crippen molar-refractivity contribution in [2.75, 3.05) is 12.0 Å². The van der Waals surface area contributed by atoms with Crippen LogP contribution in [0.4, 0.5) is 5.69 Å². The van der Waals surface area contributed by atoms with Gasteiger partial charge in [0.1, 0.15) is 5.75 Å². The van der Waals surface area contributed by atoms with E-state index >= 15 is 0 Å². The maximum absolute atomic E-state index is 13.6. The Hall–Kier alpha value is -2.55. The van der Waals surface area contributed by atoms with Crippen LogP contribution in [0, 0.1) is 12.8 Å². The lowest BCUT2D eigenvalue weighted by Crippen LogP contribution is -2.36. The van der Waals surface area contributed by atoms with E-state index in [0.29, 0.717) is 0 Å². The number of rotatable bonds is 5. The van der Waals surface area contributed by atoms with Crippen LogP contribution in [0.3, 0.4) is 0 Å². The Morgan fingerprint density at radius 1 is 1.04 bits per heavy atom. The number of carbonyl (C=O) groups excluding carboxylic acids is 1. The first-order valence-electron chi connectivity index (χ1n) is 9.86. The average Bonchev–Trinajstić information content (AvgIpc) is 2.73. The molecule has 1 fully saturated rings. The number of aryl methyl sites for hydroxylation is 1. The summed E-state index contributed by atoms with van der Waals surface area (Å²) < 4.78 is 5.30. The van der Waals surface area contributed by atoms with Gasteiger partial charge in [0.2, 0.25) is 5.91 Å². The molecule has 0 N–H and O–H groups in total. The minimum absolute atomic E-state index is 0.0971. The third kappa shape index (κ3) is 4.24. The maximum Gasteiger partial charge on any atom is 0.234 e. The van der Waals surface area contributed by atoms with Gasteiger partial charge in [-0.25, -0.2) is 0 Å². The van der Waals surface area contributed by atoms with Gasteiger partial charge in [0.05, 0.1) is 12.8 Å². The van der Waals surface area contributed by atoms with Crippen LogP contribution in [0.5, 0.6) is 5.75 Å². The molecule has 1 amide bonds. The zero-order valence-electron chi connectivity index (χ0n) is 16.6. The Morgan fingerprint density at radius 2 is 1.70 bits per heavy atom. The molecule has 1 aliphatic carbocycles. The zero-order chi connectivity index (χ0) is 19.2. The highest BCUT2D eigenvalue weighted by Gasteiger charge is 2.29. The molecule has 0 unspecified atom stereocenters. The molecule has 0 atom stereocenters. The fourth-order valence-electron chi connectivity index (χ4n) is 3.91. The lowest BCUT2D eigenvalue weighted by molar-refractivity contribution is -0.122. The van der Waals surface area contributed by atoms with Gasteiger partial charge in [-0.3, -0.25) is 9.69 Å². The lowest BCUT2D eigenvalue weighted by atomic mass is 9.87. The second-order valence-electron chi connectivity index (χ2n) is 7.20. The smallest absolute Gasteiger partial charge is 0.234 e. The predicted molar refractivity (Wildman–Crippen MR) is 112 cm³/mol. The van der Waals surface area contributed by atoms with Crippen LogP contribution < -0.4 is 9.64 Å². The van der Waals surface area contributed by atoms with Gasteiger partial charge in [0, 0.05) is 17.2 Å². The van der Waals surface area contributed by atoms with Crippen LogP contribution in [0.2, 0.25) is 0 Å². The predicted octanol–water partition coefficient (Wildman–Crippen LogP) is 5.98. The number of allylic oxidation sites excluding steroid dienone is 1. The molecule has 142 valence electrons. The van der Waals surface area contributed by atoms with Gasteiger partial charge in [0.15, 0.2) is 0 Å². The fourth-order valence-corrected chi connectivity index (χ4v) is 3.91. The molecule has 3 heteroatoms. The number of carbonyl (C=O) groups is 1. The second kappa shape index (κ2) is 8.90. The average molecular weight is 364 g/mol. The second-order valence-corrected chi connectivity index (χ2v) is 7.20. The molecule has 3 rings (SSSR count). The number of nitrogens with zero attached hydrogens (tertiary/aromatic N) is 1. The summed E-state index contributed by atoms with van der Waals surface area (Å²) >= 11 is 0. The lowest BCUT2D eigenvalue weighted by Gasteiger charge is -2.32. The molecular formula is C24H29NO2. The highest BCUT2D eigenvalue weighted by Crippen LogP contribution is 2.34. The maximum atomic E-state index is 13.6. The highest BCUT2D eigenvalue weighted by molar-refractivity contribution is 6.07. The number of anilines is 1. The van der Waals surface area contributed by atoms with Crippen molar-refractivity contribution >= 4 is 17.3 Å². The Labute approximate surface area is 162 Å². The van der Waals surface area contributed by atoms with Crippen molar-refractivity contribution in [3.05, 3.63) is 65.7 Å². The summed E-state index contributed by atoms with van der Waals surface area (Å²) in [6.45, 7) is 4.10. The molecule has 2 aromatic rings. The molecule has 2 aromatic carbocycles. The van der Waals surface area contributed by atoms with Crippen LogP contribution in [0.15, 0.2) is 54.6 Å². The number of amides is 1. The van der Waals surface area contributed by atoms with E-state index in [4.69, 9.17) is 4.74 Å². The molecule has 0 heterocycles. The summed E-state index contributed by atoms with van der Waals surface area (Å²) in [7, 11) is 1.66. The molecule has 1 saturated carbocycles. The minimum Gasteiger partial charge on any atom is -0.497 e. The van der Waals surface area contributed by atoms with Gasteiger partial charge in [-0.1, -0.05) is 49.6 Å². The van der Waals surface area contributed by atoms with E-state index in [0.717, 1.165) is 48.4 Å². The number of hydrogen-bond acceptors (Lipinski definition) is 2. The Bertz CT molecular complexity index is 801. The van der Waals surface area contributed by atoms with Gasteiger partial charge >= 0.3 is 0 Å². The summed E-state index contributed by atoms with van der Waals surface area (Å²) in [6.07, 6.45) is 7.53. The van der Waals surface area contributed by atoms with Crippen molar-refractivity contribution in [2.24, 2.45) is 5.92 Å². The monoisotopic (exact) mass is 363 g/mol. The van der Waals surface area contributed by atoms with Crippen molar-refractivity contribution in [1.82, 2.24) is 0 Å². The van der Waals surface area contributed by atoms with Crippen LogP contribution in [0.1, 0.15) is 50.2 Å². The first-order chi connectivity index (χ1) is 13.2. The van der Waals surface area contributed by atoms with E-state index in [1.54, 1.807) is 7.11 Å². The number of benzene rings is 2. The Morgan fingerprint density at radius 3 is 2.30 bits per heavy atom. The molecule has 0 saturated heterocycles. The Balaban J connectivity index is 2.05. The summed E-state index contributed by atoms with van der Waals surface area (Å²) in [4.78, 5) is 15.5. The molecule has 0 bridgehead atoms. The van der Waals surface area contributed by atoms with Gasteiger partial charge in [0.25, 0.3) is 0 Å². The molecule has 3 nitrogen and oxygen atoms in total. The standard InChI is InChI=1S/C24H29NO2/c1-4-23(22-13-9-8-10-18(22)2)25(20-14-16-21(27-3)17-15-20)24(26)19-11-6-5-7-12-19/h4,8-10,13-17,19H,5-7,11-12H2,1-3H3/b23-4+. The van der Waals surface area contributed by atoms with Crippen molar-refractivity contribution in [3.63, 3.8) is 0 Å². The largest absolute Gasteiger partial charge is 0.497 e. The molecular weight excluding hydrogens is 334 g/mol. The molecule has 27 heavy (non-hydrogen) atoms. The van der Waals surface area contributed by atoms with Crippen molar-refractivity contribution in [2.45, 2.75) is 46.0 Å². The molecule has 0 spiro atoms. The van der Waals surface area contributed by atoms with Crippen molar-refractivity contribution in [3.8, 4) is 5.75 Å². The van der Waals surface area contributed by atoms with E-state index in [1.165, 1.54) is 12.0 Å². The molecule has 0 radical (unpaired) electrons. The number of hydrogen-bond donors (Lipinski definition) is 0. The van der Waals surface area contributed by atoms with Crippen LogP contribution >= 0.6 is 0 Å². The Kier molecular flexibility index (Phi) is 6.33. The molecule has 1 aliphatic rings. The van der Waals surface area contributed by atoms with E-state index in [2.05, 4.69) is 19.1 Å². The summed E-state index contributed by atoms with van der Waals surface area (Å²) in [5.74, 6) is 1.10. The van der Waals surface area contributed by atoms with E-state index in [-0.39, 0.29) is 11.8 Å². The third-order valence-electron chi connectivity index (χ3n) is 5.44. The SMILES string of the molecule is C/C=C(\c1ccccc1C)N(C(=O)C1CCCCC1)c1ccc(OC)cc1. The van der Waals surface area contributed by atoms with E-state index < -0.39 is 0 Å². The van der Waals surface area contributed by atoms with Crippen molar-refractivity contribution < 1.29 is 9.53 Å². The molecule has 0 aliphatic heterocycles. The topological polar surface area (TPSA) is 29.5 Å². The van der Waals surface area contributed by atoms with E-state index in [9.17, 15) is 4.79 Å². The molecule has 0 aromatic heterocycles. The zero-order valence-corrected chi connectivity index (χ0v) is 16.6. The van der Waals surface area contributed by atoms with Crippen LogP contribution in [0.25, 0.3) is 5.70 Å². The van der Waals surface area contributed by atoms with Gasteiger partial charge < -0.3 is 4.74 Å². The summed E-state index contributed by atoms with van der Waals surface area (Å²) in [6, 6.07) is 16.0. The third-order valence-corrected chi connectivity index (χ3v) is 5.44. The highest BCUT2D eigenvalue weighted by atomic mass is 16.5. The fraction of sp³-hybridized carbons (Fsp3) is 0.375. The normalized spacial score (nSPS) is 15.4. The minimum atomic E-state index is 0.0971. The summed E-state index contributed by atoms with van der Waals surface area (Å²) in [5, 5.41) is 0. The number of methoxy groups -OCH3 is 1. The van der Waals surface area contributed by atoms with Crippen LogP contribution in [-0.2, 0) is 4.79 Å². The first-order valence-corrected chi connectivity index (χ1v) is 9.86. The van der Waals surface area contributed by atoms with Gasteiger partial charge in [-0.15, -0.1) is 0 Å². The van der Waals surface area contributed by atoms with Crippen molar-refractivity contribution in [1.29, 1.82) is 0 Å². The van der Waals surface area contributed by atoms with Gasteiger partial charge in [-0.05, 0) is 56.5 Å². The first kappa shape index (κ1) is 19.2. The summed E-state index contributed by atoms with van der Waals surface area (Å²) in [5.41, 5.74) is 4.11.